The van der Waals surface area contributed by atoms with Crippen LogP contribution in [0.25, 0.3) is 10.9 Å². The fourth-order valence-electron chi connectivity index (χ4n) is 2.52. The molecule has 7 nitrogen and oxygen atoms in total. The van der Waals surface area contributed by atoms with Crippen molar-refractivity contribution in [3.63, 3.8) is 0 Å². The number of benzene rings is 1. The summed E-state index contributed by atoms with van der Waals surface area (Å²) in [6, 6.07) is 6.85. The third kappa shape index (κ3) is 3.40. The van der Waals surface area contributed by atoms with Crippen molar-refractivity contribution in [1.82, 2.24) is 10.1 Å². The maximum atomic E-state index is 12.3. The van der Waals surface area contributed by atoms with Crippen LogP contribution < -0.4 is 5.32 Å². The van der Waals surface area contributed by atoms with E-state index in [1.54, 1.807) is 25.1 Å². The van der Waals surface area contributed by atoms with Crippen molar-refractivity contribution in [2.24, 2.45) is 0 Å². The number of carbonyl (C=O) groups excluding carboxylic acids is 2. The molecule has 0 spiro atoms. The van der Waals surface area contributed by atoms with Crippen molar-refractivity contribution in [3.8, 4) is 0 Å². The Balaban J connectivity index is 1.70. The number of ether oxygens (including phenoxy) is 1. The quantitative estimate of drug-likeness (QED) is 0.710. The number of amides is 1. The maximum absolute atomic E-state index is 12.3. The highest BCUT2D eigenvalue weighted by atomic mass is 16.5. The van der Waals surface area contributed by atoms with Crippen LogP contribution in [0.3, 0.4) is 0 Å². The average Bonchev–Trinajstić information content (AvgIpc) is 3.10. The van der Waals surface area contributed by atoms with E-state index in [1.165, 1.54) is 6.92 Å². The van der Waals surface area contributed by atoms with Gasteiger partial charge in [0, 0.05) is 22.7 Å². The Labute approximate surface area is 144 Å². The molecule has 3 rings (SSSR count). The van der Waals surface area contributed by atoms with Crippen LogP contribution in [0.1, 0.15) is 34.3 Å². The minimum Gasteiger partial charge on any atom is -0.449 e. The molecule has 25 heavy (non-hydrogen) atoms. The van der Waals surface area contributed by atoms with Crippen molar-refractivity contribution < 1.29 is 18.8 Å². The Morgan fingerprint density at radius 1 is 1.24 bits per heavy atom. The summed E-state index contributed by atoms with van der Waals surface area (Å²) in [5, 5.41) is 7.17. The van der Waals surface area contributed by atoms with Gasteiger partial charge in [0.05, 0.1) is 5.56 Å². The molecule has 130 valence electrons. The summed E-state index contributed by atoms with van der Waals surface area (Å²) in [6.07, 6.45) is -0.964. The number of aromatic nitrogens is 2. The van der Waals surface area contributed by atoms with E-state index in [2.05, 4.69) is 15.5 Å². The number of anilines is 1. The minimum atomic E-state index is -0.964. The number of fused-ring (bicyclic) bond motifs is 1. The van der Waals surface area contributed by atoms with Crippen LogP contribution in [-0.4, -0.2) is 28.1 Å². The molecule has 2 N–H and O–H groups in total. The van der Waals surface area contributed by atoms with E-state index < -0.39 is 18.0 Å². The van der Waals surface area contributed by atoms with Gasteiger partial charge in [-0.3, -0.25) is 4.79 Å². The normalized spacial score (nSPS) is 12.2. The molecule has 1 aromatic carbocycles. The van der Waals surface area contributed by atoms with Crippen LogP contribution in [0.5, 0.6) is 0 Å². The third-order valence-electron chi connectivity index (χ3n) is 4.08. The number of nitrogens with one attached hydrogen (secondary N) is 2. The number of hydrogen-bond donors (Lipinski definition) is 2. The lowest BCUT2D eigenvalue weighted by molar-refractivity contribution is -0.123. The summed E-state index contributed by atoms with van der Waals surface area (Å²) in [6.45, 7) is 7.18. The van der Waals surface area contributed by atoms with Crippen LogP contribution in [0, 0.1) is 20.8 Å². The van der Waals surface area contributed by atoms with E-state index in [0.29, 0.717) is 11.3 Å². The molecule has 2 aromatic heterocycles. The minimum absolute atomic E-state index is 0.283. The van der Waals surface area contributed by atoms with E-state index in [4.69, 9.17) is 9.26 Å². The number of aryl methyl sites for hydroxylation is 3. The van der Waals surface area contributed by atoms with Crippen LogP contribution in [0.4, 0.5) is 5.82 Å². The molecule has 7 heteroatoms. The summed E-state index contributed by atoms with van der Waals surface area (Å²) in [5.41, 5.74) is 3.48. The van der Waals surface area contributed by atoms with Gasteiger partial charge in [-0.05, 0) is 51.5 Å². The first-order chi connectivity index (χ1) is 11.8. The fourth-order valence-corrected chi connectivity index (χ4v) is 2.52. The first-order valence-corrected chi connectivity index (χ1v) is 7.89. The molecule has 0 aliphatic heterocycles. The summed E-state index contributed by atoms with van der Waals surface area (Å²) in [5.74, 6) is -0.175. The van der Waals surface area contributed by atoms with Gasteiger partial charge in [-0.15, -0.1) is 0 Å². The molecule has 0 aliphatic carbocycles. The van der Waals surface area contributed by atoms with Crippen LogP contribution in [-0.2, 0) is 9.53 Å². The molecule has 0 aliphatic rings. The molecule has 3 aromatic rings. The van der Waals surface area contributed by atoms with E-state index >= 15 is 0 Å². The molecule has 1 atom stereocenters. The Bertz CT molecular complexity index is 955. The second-order valence-electron chi connectivity index (χ2n) is 5.99. The SMILES string of the molecule is Cc1cc(NC(=O)[C@H](C)OC(=O)c2ccc3[nH]c(C)c(C)c3c2)no1. The summed E-state index contributed by atoms with van der Waals surface area (Å²) < 4.78 is 10.1. The Morgan fingerprint density at radius 3 is 2.68 bits per heavy atom. The highest BCUT2D eigenvalue weighted by Crippen LogP contribution is 2.23. The van der Waals surface area contributed by atoms with Crippen molar-refractivity contribution in [1.29, 1.82) is 0 Å². The monoisotopic (exact) mass is 341 g/mol. The first-order valence-electron chi connectivity index (χ1n) is 7.89. The molecule has 0 saturated heterocycles. The van der Waals surface area contributed by atoms with Gasteiger partial charge in [-0.1, -0.05) is 5.16 Å². The number of aromatic amines is 1. The lowest BCUT2D eigenvalue weighted by Gasteiger charge is -2.12. The van der Waals surface area contributed by atoms with Crippen molar-refractivity contribution in [3.05, 3.63) is 46.8 Å². The maximum Gasteiger partial charge on any atom is 0.338 e. The zero-order valence-electron chi connectivity index (χ0n) is 14.5. The number of esters is 1. The van der Waals surface area contributed by atoms with Crippen LogP contribution >= 0.6 is 0 Å². The largest absolute Gasteiger partial charge is 0.449 e. The Hall–Kier alpha value is -3.09. The zero-order valence-corrected chi connectivity index (χ0v) is 14.5. The Morgan fingerprint density at radius 2 is 2.00 bits per heavy atom. The summed E-state index contributed by atoms with van der Waals surface area (Å²) >= 11 is 0. The third-order valence-corrected chi connectivity index (χ3v) is 4.08. The van der Waals surface area contributed by atoms with Crippen LogP contribution in [0.2, 0.25) is 0 Å². The highest BCUT2D eigenvalue weighted by molar-refractivity contribution is 5.99. The second-order valence-corrected chi connectivity index (χ2v) is 5.99. The number of nitrogens with zero attached hydrogens (tertiary/aromatic N) is 1. The van der Waals surface area contributed by atoms with Gasteiger partial charge in [0.2, 0.25) is 0 Å². The van der Waals surface area contributed by atoms with Gasteiger partial charge in [0.15, 0.2) is 11.9 Å². The predicted octanol–water partition coefficient (Wildman–Crippen LogP) is 3.27. The molecule has 0 radical (unpaired) electrons. The topological polar surface area (TPSA) is 97.2 Å². The molecular formula is C18H19N3O4. The summed E-state index contributed by atoms with van der Waals surface area (Å²) in [4.78, 5) is 27.7. The van der Waals surface area contributed by atoms with Crippen LogP contribution in [0.15, 0.2) is 28.8 Å². The number of rotatable bonds is 4. The molecule has 0 fully saturated rings. The lowest BCUT2D eigenvalue weighted by Crippen LogP contribution is -2.30. The number of H-pyrrole nitrogens is 1. The lowest BCUT2D eigenvalue weighted by atomic mass is 10.1. The molecular weight excluding hydrogens is 322 g/mol. The smallest absolute Gasteiger partial charge is 0.338 e. The van der Waals surface area contributed by atoms with Gasteiger partial charge in [-0.25, -0.2) is 4.79 Å². The van der Waals surface area contributed by atoms with E-state index in [0.717, 1.165) is 22.2 Å². The van der Waals surface area contributed by atoms with E-state index in [-0.39, 0.29) is 5.82 Å². The molecule has 1 amide bonds. The van der Waals surface area contributed by atoms with Gasteiger partial charge in [0.1, 0.15) is 5.76 Å². The highest BCUT2D eigenvalue weighted by Gasteiger charge is 2.20. The van der Waals surface area contributed by atoms with Crippen molar-refractivity contribution in [2.45, 2.75) is 33.8 Å². The Kier molecular flexibility index (Phi) is 4.31. The fraction of sp³-hybridized carbons (Fsp3) is 0.278. The van der Waals surface area contributed by atoms with Gasteiger partial charge >= 0.3 is 5.97 Å². The number of carbonyl (C=O) groups is 2. The van der Waals surface area contributed by atoms with Crippen molar-refractivity contribution in [2.75, 3.05) is 5.32 Å². The summed E-state index contributed by atoms with van der Waals surface area (Å²) in [7, 11) is 0. The van der Waals surface area contributed by atoms with E-state index in [1.807, 2.05) is 19.9 Å². The van der Waals surface area contributed by atoms with Gasteiger partial charge in [0.25, 0.3) is 5.91 Å². The standard InChI is InChI=1S/C18H19N3O4/c1-9-7-16(21-25-9)20-17(22)12(4)24-18(23)13-5-6-15-14(8-13)10(2)11(3)19-15/h5-8,12,19H,1-4H3,(H,20,21,22)/t12-/m0/s1. The molecule has 0 unspecified atom stereocenters. The first kappa shape index (κ1) is 16.8. The number of hydrogen-bond acceptors (Lipinski definition) is 5. The molecule has 0 bridgehead atoms. The van der Waals surface area contributed by atoms with Gasteiger partial charge in [-0.2, -0.15) is 0 Å². The predicted molar refractivity (Wildman–Crippen MR) is 92.5 cm³/mol. The molecule has 2 heterocycles. The van der Waals surface area contributed by atoms with E-state index in [9.17, 15) is 9.59 Å². The van der Waals surface area contributed by atoms with Crippen molar-refractivity contribution >= 4 is 28.6 Å². The van der Waals surface area contributed by atoms with Gasteiger partial charge < -0.3 is 19.6 Å². The average molecular weight is 341 g/mol. The molecule has 0 saturated carbocycles. The second kappa shape index (κ2) is 6.43. The zero-order chi connectivity index (χ0) is 18.1.